The molecule has 0 aliphatic carbocycles. The van der Waals surface area contributed by atoms with E-state index in [1.807, 2.05) is 25.3 Å². The number of carbonyl (C=O) groups excluding carboxylic acids is 1. The van der Waals surface area contributed by atoms with E-state index in [0.717, 1.165) is 23.6 Å². The highest BCUT2D eigenvalue weighted by atomic mass is 32.2. The van der Waals surface area contributed by atoms with E-state index >= 15 is 0 Å². The quantitative estimate of drug-likeness (QED) is 0.916. The van der Waals surface area contributed by atoms with E-state index in [2.05, 4.69) is 9.29 Å². The van der Waals surface area contributed by atoms with E-state index in [9.17, 15) is 13.2 Å². The summed E-state index contributed by atoms with van der Waals surface area (Å²) in [6.45, 7) is 3.06. The smallest absolute Gasteiger partial charge is 0.250 e. The van der Waals surface area contributed by atoms with E-state index in [4.69, 9.17) is 0 Å². The number of nitrogens with one attached hydrogen (secondary N) is 1. The zero-order valence-corrected chi connectivity index (χ0v) is 13.7. The van der Waals surface area contributed by atoms with Crippen LogP contribution in [-0.4, -0.2) is 36.9 Å². The van der Waals surface area contributed by atoms with Crippen molar-refractivity contribution in [1.29, 1.82) is 0 Å². The Morgan fingerprint density at radius 2 is 2.18 bits per heavy atom. The van der Waals surface area contributed by atoms with Crippen LogP contribution in [0.4, 0.5) is 0 Å². The Labute approximate surface area is 133 Å². The summed E-state index contributed by atoms with van der Waals surface area (Å²) in [7, 11) is -3.60. The maximum absolute atomic E-state index is 12.3. The van der Waals surface area contributed by atoms with Crippen molar-refractivity contribution in [1.82, 2.24) is 14.2 Å². The van der Waals surface area contributed by atoms with Crippen molar-refractivity contribution in [2.24, 2.45) is 0 Å². The first-order valence-corrected chi connectivity index (χ1v) is 9.33. The Hall–Kier alpha value is -1.64. The predicted octanol–water partition coefficient (Wildman–Crippen LogP) is 1.43. The molecule has 0 fully saturated rings. The Morgan fingerprint density at radius 1 is 1.36 bits per heavy atom. The van der Waals surface area contributed by atoms with Crippen molar-refractivity contribution in [2.75, 3.05) is 13.1 Å². The van der Waals surface area contributed by atoms with Crippen molar-refractivity contribution < 1.29 is 13.2 Å². The van der Waals surface area contributed by atoms with Gasteiger partial charge in [-0.05, 0) is 30.5 Å². The van der Waals surface area contributed by atoms with Crippen LogP contribution in [0, 0.1) is 0 Å². The van der Waals surface area contributed by atoms with E-state index in [1.165, 1.54) is 6.07 Å². The molecule has 1 aliphatic rings. The van der Waals surface area contributed by atoms with Gasteiger partial charge in [-0.15, -0.1) is 11.3 Å². The Morgan fingerprint density at radius 3 is 2.91 bits per heavy atom. The maximum atomic E-state index is 12.3. The van der Waals surface area contributed by atoms with Gasteiger partial charge in [-0.2, -0.15) is 0 Å². The highest BCUT2D eigenvalue weighted by Gasteiger charge is 2.28. The van der Waals surface area contributed by atoms with Gasteiger partial charge >= 0.3 is 0 Å². The lowest BCUT2D eigenvalue weighted by molar-refractivity contribution is -0.133. The van der Waals surface area contributed by atoms with Crippen molar-refractivity contribution in [3.8, 4) is 0 Å². The lowest BCUT2D eigenvalue weighted by Crippen LogP contribution is -2.45. The zero-order chi connectivity index (χ0) is 15.7. The Balaban J connectivity index is 1.66. The van der Waals surface area contributed by atoms with Crippen LogP contribution in [0.3, 0.4) is 0 Å². The summed E-state index contributed by atoms with van der Waals surface area (Å²) in [6.07, 6.45) is 1.99. The molecule has 0 saturated heterocycles. The third kappa shape index (κ3) is 2.81. The summed E-state index contributed by atoms with van der Waals surface area (Å²) in [5, 5.41) is 1.69. The monoisotopic (exact) mass is 339 g/mol. The second-order valence-electron chi connectivity index (χ2n) is 5.15. The number of carbonyl (C=O) groups is 1. The van der Waals surface area contributed by atoms with E-state index in [0.29, 0.717) is 6.54 Å². The minimum absolute atomic E-state index is 0.0532. The zero-order valence-electron chi connectivity index (χ0n) is 12.1. The number of nitrogens with zero attached hydrogens (tertiary/aromatic N) is 2. The number of aromatic nitrogens is 1. The molecule has 22 heavy (non-hydrogen) atoms. The van der Waals surface area contributed by atoms with Gasteiger partial charge in [0.2, 0.25) is 5.91 Å². The molecule has 8 heteroatoms. The third-order valence-electron chi connectivity index (χ3n) is 3.84. The summed E-state index contributed by atoms with van der Waals surface area (Å²) >= 11 is 1.13. The minimum Gasteiger partial charge on any atom is -0.348 e. The molecule has 1 amide bonds. The number of sulfonamides is 1. The van der Waals surface area contributed by atoms with Crippen LogP contribution >= 0.6 is 11.3 Å². The first-order valence-electron chi connectivity index (χ1n) is 6.97. The summed E-state index contributed by atoms with van der Waals surface area (Å²) in [6, 6.07) is 7.08. The second kappa shape index (κ2) is 5.86. The highest BCUT2D eigenvalue weighted by molar-refractivity contribution is 7.91. The summed E-state index contributed by atoms with van der Waals surface area (Å²) in [5.74, 6) is -0.208. The number of fused-ring (bicyclic) bond motifs is 1. The van der Waals surface area contributed by atoms with Crippen LogP contribution in [-0.2, 0) is 21.4 Å². The lowest BCUT2D eigenvalue weighted by atomic mass is 10.1. The van der Waals surface area contributed by atoms with Gasteiger partial charge in [0.25, 0.3) is 10.0 Å². The molecular formula is C14H17N3O3S2. The number of hydrogen-bond donors (Lipinski definition) is 1. The second-order valence-corrected chi connectivity index (χ2v) is 8.09. The maximum Gasteiger partial charge on any atom is 0.250 e. The van der Waals surface area contributed by atoms with Gasteiger partial charge in [0.15, 0.2) is 0 Å². The average molecular weight is 339 g/mol. The van der Waals surface area contributed by atoms with Gasteiger partial charge in [0.05, 0.1) is 12.6 Å². The van der Waals surface area contributed by atoms with E-state index < -0.39 is 10.0 Å². The average Bonchev–Trinajstić information content (AvgIpc) is 3.16. The molecule has 0 radical (unpaired) electrons. The van der Waals surface area contributed by atoms with Crippen molar-refractivity contribution in [2.45, 2.75) is 23.7 Å². The molecule has 0 bridgehead atoms. The molecule has 0 aromatic carbocycles. The fourth-order valence-electron chi connectivity index (χ4n) is 2.67. The Kier molecular flexibility index (Phi) is 4.07. The van der Waals surface area contributed by atoms with Crippen LogP contribution in [0.15, 0.2) is 40.1 Å². The standard InChI is InChI=1S/C14H17N3O3S2/c1-11-12-4-2-6-16(12)7-8-17(11)13(18)10-15-22(19,20)14-5-3-9-21-14/h2-6,9,11,15H,7-8,10H2,1H3/t11-/m1/s1. The number of thiophene rings is 1. The molecule has 1 aliphatic heterocycles. The van der Waals surface area contributed by atoms with Gasteiger partial charge in [-0.3, -0.25) is 4.79 Å². The molecule has 118 valence electrons. The molecule has 3 rings (SSSR count). The number of amides is 1. The van der Waals surface area contributed by atoms with Crippen LogP contribution < -0.4 is 4.72 Å². The van der Waals surface area contributed by atoms with Crippen molar-refractivity contribution in [3.63, 3.8) is 0 Å². The Bertz CT molecular complexity index is 765. The highest BCUT2D eigenvalue weighted by Crippen LogP contribution is 2.25. The first kappa shape index (κ1) is 15.3. The van der Waals surface area contributed by atoms with E-state index in [1.54, 1.807) is 16.3 Å². The molecular weight excluding hydrogens is 322 g/mol. The summed E-state index contributed by atoms with van der Waals surface area (Å²) in [5.41, 5.74) is 1.07. The first-order chi connectivity index (χ1) is 10.5. The molecule has 0 saturated carbocycles. The van der Waals surface area contributed by atoms with Crippen molar-refractivity contribution >= 4 is 27.3 Å². The molecule has 2 aromatic heterocycles. The molecule has 6 nitrogen and oxygen atoms in total. The van der Waals surface area contributed by atoms with Gasteiger partial charge in [0.1, 0.15) is 4.21 Å². The fraction of sp³-hybridized carbons (Fsp3) is 0.357. The molecule has 1 N–H and O–H groups in total. The number of rotatable bonds is 4. The van der Waals surface area contributed by atoms with Crippen LogP contribution in [0.5, 0.6) is 0 Å². The SMILES string of the molecule is C[C@@H]1c2cccn2CCN1C(=O)CNS(=O)(=O)c1cccs1. The summed E-state index contributed by atoms with van der Waals surface area (Å²) < 4.78 is 28.8. The van der Waals surface area contributed by atoms with Crippen LogP contribution in [0.1, 0.15) is 18.7 Å². The summed E-state index contributed by atoms with van der Waals surface area (Å²) in [4.78, 5) is 14.1. The normalized spacial score (nSPS) is 18.2. The predicted molar refractivity (Wildman–Crippen MR) is 84.1 cm³/mol. The molecule has 1 atom stereocenters. The van der Waals surface area contributed by atoms with Crippen LogP contribution in [0.2, 0.25) is 0 Å². The van der Waals surface area contributed by atoms with Gasteiger partial charge in [-0.25, -0.2) is 13.1 Å². The van der Waals surface area contributed by atoms with Gasteiger partial charge < -0.3 is 9.47 Å². The van der Waals surface area contributed by atoms with Crippen molar-refractivity contribution in [3.05, 3.63) is 41.5 Å². The minimum atomic E-state index is -3.60. The molecule has 3 heterocycles. The molecule has 2 aromatic rings. The lowest BCUT2D eigenvalue weighted by Gasteiger charge is -2.35. The molecule has 0 spiro atoms. The largest absolute Gasteiger partial charge is 0.348 e. The van der Waals surface area contributed by atoms with Gasteiger partial charge in [-0.1, -0.05) is 6.07 Å². The fourth-order valence-corrected chi connectivity index (χ4v) is 4.68. The third-order valence-corrected chi connectivity index (χ3v) is 6.63. The number of hydrogen-bond acceptors (Lipinski definition) is 4. The van der Waals surface area contributed by atoms with E-state index in [-0.39, 0.29) is 22.7 Å². The van der Waals surface area contributed by atoms with Gasteiger partial charge in [0, 0.05) is 25.0 Å². The van der Waals surface area contributed by atoms with Crippen LogP contribution in [0.25, 0.3) is 0 Å². The molecule has 0 unspecified atom stereocenters. The topological polar surface area (TPSA) is 71.4 Å².